The predicted octanol–water partition coefficient (Wildman–Crippen LogP) is 6.03. The third-order valence-corrected chi connectivity index (χ3v) is 8.20. The highest BCUT2D eigenvalue weighted by atomic mass is 32.2. The molecule has 2 aliphatic heterocycles. The number of carbonyl (C=O) groups is 1. The van der Waals surface area contributed by atoms with Crippen LogP contribution in [-0.2, 0) is 4.79 Å². The Labute approximate surface area is 146 Å². The minimum Gasteiger partial charge on any atom is -0.298 e. The van der Waals surface area contributed by atoms with Gasteiger partial charge in [0.25, 0.3) is 0 Å². The first-order valence-electron chi connectivity index (χ1n) is 6.64. The van der Waals surface area contributed by atoms with Gasteiger partial charge in [-0.3, -0.25) is 4.79 Å². The van der Waals surface area contributed by atoms with Crippen LogP contribution in [0, 0.1) is 0 Å². The SMILES string of the molecule is O=CC(C=C1Sc2ccccc2S1)=C1Sc2ccccc2S1. The van der Waals surface area contributed by atoms with Gasteiger partial charge in [0.05, 0.1) is 8.47 Å². The molecule has 0 saturated carbocycles. The van der Waals surface area contributed by atoms with E-state index in [2.05, 4.69) is 24.3 Å². The van der Waals surface area contributed by atoms with Crippen molar-refractivity contribution in [1.82, 2.24) is 0 Å². The summed E-state index contributed by atoms with van der Waals surface area (Å²) in [6, 6.07) is 16.6. The molecule has 2 aliphatic rings. The summed E-state index contributed by atoms with van der Waals surface area (Å²) in [4.78, 5) is 16.6. The standard InChI is InChI=1S/C17H10OS4/c18-10-11(17-21-14-7-3-4-8-15(14)22-17)9-16-19-12-5-1-2-6-13(12)20-16/h1-10H. The molecule has 0 N–H and O–H groups in total. The number of fused-ring (bicyclic) bond motifs is 2. The van der Waals surface area contributed by atoms with Crippen molar-refractivity contribution in [3.05, 3.63) is 68.7 Å². The van der Waals surface area contributed by atoms with Gasteiger partial charge in [-0.05, 0) is 30.3 Å². The Balaban J connectivity index is 1.64. The molecule has 0 aliphatic carbocycles. The van der Waals surface area contributed by atoms with E-state index >= 15 is 0 Å². The zero-order valence-electron chi connectivity index (χ0n) is 11.3. The molecular weight excluding hydrogens is 348 g/mol. The molecule has 1 nitrogen and oxygen atoms in total. The molecule has 0 fully saturated rings. The van der Waals surface area contributed by atoms with E-state index < -0.39 is 0 Å². The summed E-state index contributed by atoms with van der Waals surface area (Å²) in [5, 5.41) is 0. The van der Waals surface area contributed by atoms with Crippen molar-refractivity contribution >= 4 is 53.3 Å². The van der Waals surface area contributed by atoms with Crippen LogP contribution >= 0.6 is 47.0 Å². The molecular formula is C17H10OS4. The molecule has 0 unspecified atom stereocenters. The van der Waals surface area contributed by atoms with Crippen LogP contribution in [0.5, 0.6) is 0 Å². The Morgan fingerprint density at radius 1 is 0.727 bits per heavy atom. The highest BCUT2D eigenvalue weighted by Gasteiger charge is 2.22. The van der Waals surface area contributed by atoms with Gasteiger partial charge in [0.1, 0.15) is 0 Å². The van der Waals surface area contributed by atoms with Gasteiger partial charge in [0.15, 0.2) is 6.29 Å². The zero-order valence-corrected chi connectivity index (χ0v) is 14.6. The topological polar surface area (TPSA) is 17.1 Å². The quantitative estimate of drug-likeness (QED) is 0.480. The molecule has 0 saturated heterocycles. The summed E-state index contributed by atoms with van der Waals surface area (Å²) in [6.45, 7) is 0. The van der Waals surface area contributed by atoms with Crippen LogP contribution in [-0.4, -0.2) is 6.29 Å². The molecule has 0 radical (unpaired) electrons. The van der Waals surface area contributed by atoms with E-state index in [1.165, 1.54) is 19.6 Å². The summed E-state index contributed by atoms with van der Waals surface area (Å²) >= 11 is 6.84. The van der Waals surface area contributed by atoms with E-state index in [0.717, 1.165) is 20.3 Å². The van der Waals surface area contributed by atoms with E-state index in [1.807, 2.05) is 30.3 Å². The maximum Gasteiger partial charge on any atom is 0.151 e. The van der Waals surface area contributed by atoms with Crippen molar-refractivity contribution in [2.45, 2.75) is 19.6 Å². The molecule has 108 valence electrons. The van der Waals surface area contributed by atoms with Crippen LogP contribution < -0.4 is 0 Å². The summed E-state index contributed by atoms with van der Waals surface area (Å²) in [5.41, 5.74) is 0.772. The largest absolute Gasteiger partial charge is 0.298 e. The van der Waals surface area contributed by atoms with Gasteiger partial charge < -0.3 is 0 Å². The monoisotopic (exact) mass is 358 g/mol. The number of rotatable bonds is 2. The van der Waals surface area contributed by atoms with Crippen molar-refractivity contribution in [1.29, 1.82) is 0 Å². The zero-order chi connectivity index (χ0) is 14.9. The van der Waals surface area contributed by atoms with Crippen LogP contribution in [0.2, 0.25) is 0 Å². The molecule has 0 spiro atoms. The van der Waals surface area contributed by atoms with Gasteiger partial charge in [-0.2, -0.15) is 0 Å². The van der Waals surface area contributed by atoms with Crippen molar-refractivity contribution in [3.8, 4) is 0 Å². The Hall–Kier alpha value is -1.01. The van der Waals surface area contributed by atoms with Crippen LogP contribution in [0.3, 0.4) is 0 Å². The number of allylic oxidation sites excluding steroid dienone is 2. The van der Waals surface area contributed by atoms with Crippen LogP contribution in [0.4, 0.5) is 0 Å². The van der Waals surface area contributed by atoms with Gasteiger partial charge in [-0.1, -0.05) is 71.3 Å². The molecule has 4 rings (SSSR count). The van der Waals surface area contributed by atoms with Gasteiger partial charge in [0, 0.05) is 25.2 Å². The highest BCUT2D eigenvalue weighted by Crippen LogP contribution is 2.54. The fourth-order valence-electron chi connectivity index (χ4n) is 2.14. The molecule has 22 heavy (non-hydrogen) atoms. The third kappa shape index (κ3) is 2.78. The van der Waals surface area contributed by atoms with Gasteiger partial charge in [0.2, 0.25) is 0 Å². The lowest BCUT2D eigenvalue weighted by atomic mass is 10.3. The second-order valence-electron chi connectivity index (χ2n) is 4.63. The minimum atomic E-state index is 0.772. The van der Waals surface area contributed by atoms with E-state index in [9.17, 15) is 4.79 Å². The lowest BCUT2D eigenvalue weighted by Crippen LogP contribution is -1.82. The Morgan fingerprint density at radius 3 is 1.64 bits per heavy atom. The molecule has 2 aromatic rings. The van der Waals surface area contributed by atoms with E-state index in [-0.39, 0.29) is 0 Å². The highest BCUT2D eigenvalue weighted by molar-refractivity contribution is 8.25. The molecule has 0 atom stereocenters. The summed E-state index contributed by atoms with van der Waals surface area (Å²) < 4.78 is 2.23. The van der Waals surface area contributed by atoms with Gasteiger partial charge in [-0.15, -0.1) is 0 Å². The molecule has 2 aromatic carbocycles. The number of benzene rings is 2. The number of hydrogen-bond donors (Lipinski definition) is 0. The van der Waals surface area contributed by atoms with Crippen LogP contribution in [0.1, 0.15) is 0 Å². The molecule has 5 heteroatoms. The first kappa shape index (κ1) is 14.6. The molecule has 2 heterocycles. The smallest absolute Gasteiger partial charge is 0.151 e. The summed E-state index contributed by atoms with van der Waals surface area (Å²) in [6.07, 6.45) is 2.99. The fraction of sp³-hybridized carbons (Fsp3) is 0. The van der Waals surface area contributed by atoms with Crippen molar-refractivity contribution in [2.75, 3.05) is 0 Å². The van der Waals surface area contributed by atoms with Gasteiger partial charge in [-0.25, -0.2) is 0 Å². The number of thioether (sulfide) groups is 4. The van der Waals surface area contributed by atoms with Gasteiger partial charge >= 0.3 is 0 Å². The van der Waals surface area contributed by atoms with Crippen LogP contribution in [0.25, 0.3) is 0 Å². The average molecular weight is 359 g/mol. The predicted molar refractivity (Wildman–Crippen MR) is 97.5 cm³/mol. The van der Waals surface area contributed by atoms with E-state index in [4.69, 9.17) is 0 Å². The Bertz CT molecular complexity index is 769. The Morgan fingerprint density at radius 2 is 1.18 bits per heavy atom. The summed E-state index contributed by atoms with van der Waals surface area (Å²) in [7, 11) is 0. The maximum absolute atomic E-state index is 11.6. The number of carbonyl (C=O) groups excluding carboxylic acids is 1. The first-order valence-corrected chi connectivity index (χ1v) is 9.91. The average Bonchev–Trinajstić information content (AvgIpc) is 3.15. The third-order valence-electron chi connectivity index (χ3n) is 3.16. The number of aldehydes is 1. The Kier molecular flexibility index (Phi) is 4.13. The minimum absolute atomic E-state index is 0.772. The van der Waals surface area contributed by atoms with Crippen LogP contribution in [0.15, 0.2) is 88.2 Å². The second-order valence-corrected chi connectivity index (χ2v) is 9.41. The van der Waals surface area contributed by atoms with E-state index in [0.29, 0.717) is 0 Å². The first-order chi connectivity index (χ1) is 10.8. The normalized spacial score (nSPS) is 15.5. The molecule has 0 bridgehead atoms. The molecule has 0 aromatic heterocycles. The molecule has 0 amide bonds. The lowest BCUT2D eigenvalue weighted by molar-refractivity contribution is -0.104. The van der Waals surface area contributed by atoms with Crippen molar-refractivity contribution in [3.63, 3.8) is 0 Å². The maximum atomic E-state index is 11.6. The number of hydrogen-bond acceptors (Lipinski definition) is 5. The van der Waals surface area contributed by atoms with Crippen molar-refractivity contribution < 1.29 is 4.79 Å². The van der Waals surface area contributed by atoms with Crippen molar-refractivity contribution in [2.24, 2.45) is 0 Å². The van der Waals surface area contributed by atoms with E-state index in [1.54, 1.807) is 47.0 Å². The second kappa shape index (κ2) is 6.24. The lowest BCUT2D eigenvalue weighted by Gasteiger charge is -1.99. The summed E-state index contributed by atoms with van der Waals surface area (Å²) in [5.74, 6) is 0. The fourth-order valence-corrected chi connectivity index (χ4v) is 6.97.